The first-order valence-corrected chi connectivity index (χ1v) is 12.3. The molecule has 2 N–H and O–H groups in total. The summed E-state index contributed by atoms with van der Waals surface area (Å²) < 4.78 is 37.3. The summed E-state index contributed by atoms with van der Waals surface area (Å²) in [5, 5.41) is 5.56. The van der Waals surface area contributed by atoms with E-state index in [0.717, 1.165) is 10.6 Å². The van der Waals surface area contributed by atoms with Gasteiger partial charge in [-0.1, -0.05) is 12.1 Å². The summed E-state index contributed by atoms with van der Waals surface area (Å²) in [6.45, 7) is 7.79. The number of rotatable bonds is 6. The van der Waals surface area contributed by atoms with Crippen LogP contribution in [-0.4, -0.2) is 51.3 Å². The van der Waals surface area contributed by atoms with Gasteiger partial charge < -0.3 is 20.1 Å². The second kappa shape index (κ2) is 9.30. The molecule has 0 fully saturated rings. The minimum Gasteiger partial charge on any atom is -0.486 e. The molecule has 1 aliphatic rings. The lowest BCUT2D eigenvalue weighted by Gasteiger charge is -2.29. The van der Waals surface area contributed by atoms with Crippen molar-refractivity contribution < 1.29 is 27.5 Å². The van der Waals surface area contributed by atoms with Gasteiger partial charge in [-0.2, -0.15) is 0 Å². The highest BCUT2D eigenvalue weighted by atomic mass is 32.2. The van der Waals surface area contributed by atoms with Crippen LogP contribution in [0.1, 0.15) is 38.1 Å². The van der Waals surface area contributed by atoms with Gasteiger partial charge in [0, 0.05) is 11.6 Å². The zero-order chi connectivity index (χ0) is 24.4. The lowest BCUT2D eigenvalue weighted by Crippen LogP contribution is -2.46. The minimum absolute atomic E-state index is 0.267. The van der Waals surface area contributed by atoms with Crippen molar-refractivity contribution >= 4 is 33.2 Å². The van der Waals surface area contributed by atoms with Crippen LogP contribution in [0.2, 0.25) is 0 Å². The summed E-state index contributed by atoms with van der Waals surface area (Å²) >= 11 is 0. The van der Waals surface area contributed by atoms with E-state index in [0.29, 0.717) is 24.7 Å². The molecule has 33 heavy (non-hydrogen) atoms. The normalized spacial score (nSPS) is 14.2. The van der Waals surface area contributed by atoms with Crippen molar-refractivity contribution in [3.63, 3.8) is 0 Å². The molecule has 0 radical (unpaired) electrons. The molecule has 178 valence electrons. The third-order valence-corrected chi connectivity index (χ3v) is 6.03. The fraction of sp³-hybridized carbons (Fsp3) is 0.391. The second-order valence-corrected chi connectivity index (χ2v) is 10.7. The Morgan fingerprint density at radius 3 is 2.30 bits per heavy atom. The van der Waals surface area contributed by atoms with E-state index in [4.69, 9.17) is 9.47 Å². The minimum atomic E-state index is -3.83. The predicted molar refractivity (Wildman–Crippen MR) is 127 cm³/mol. The van der Waals surface area contributed by atoms with E-state index in [2.05, 4.69) is 10.6 Å². The molecule has 9 nitrogen and oxygen atoms in total. The number of nitrogens with one attached hydrogen (secondary N) is 2. The standard InChI is InChI=1S/C23H29N3O6S/c1-15(21(27)24-18-9-7-6-8-17(18)22(28)25-23(2,3)4)26(33(5,29)30)16-10-11-19-20(14-16)32-13-12-31-19/h6-11,14-15H,12-13H2,1-5H3,(H,24,27)(H,25,28)/t15-/m0/s1. The average molecular weight is 476 g/mol. The molecule has 0 bridgehead atoms. The molecule has 1 aliphatic heterocycles. The maximum Gasteiger partial charge on any atom is 0.253 e. The maximum atomic E-state index is 13.1. The molecule has 3 rings (SSSR count). The van der Waals surface area contributed by atoms with E-state index in [1.54, 1.807) is 36.4 Å². The van der Waals surface area contributed by atoms with E-state index in [-0.39, 0.29) is 22.8 Å². The van der Waals surface area contributed by atoms with Crippen LogP contribution in [0.15, 0.2) is 42.5 Å². The van der Waals surface area contributed by atoms with Crippen LogP contribution in [0.3, 0.4) is 0 Å². The smallest absolute Gasteiger partial charge is 0.253 e. The number of hydrogen-bond acceptors (Lipinski definition) is 6. The summed E-state index contributed by atoms with van der Waals surface area (Å²) in [4.78, 5) is 25.8. The molecule has 2 aromatic carbocycles. The van der Waals surface area contributed by atoms with Crippen molar-refractivity contribution in [3.05, 3.63) is 48.0 Å². The van der Waals surface area contributed by atoms with Crippen molar-refractivity contribution in [2.75, 3.05) is 29.1 Å². The van der Waals surface area contributed by atoms with Crippen molar-refractivity contribution in [1.29, 1.82) is 0 Å². The topological polar surface area (TPSA) is 114 Å². The molecule has 0 aromatic heterocycles. The third-order valence-electron chi connectivity index (χ3n) is 4.79. The number of hydrogen-bond donors (Lipinski definition) is 2. The van der Waals surface area contributed by atoms with Crippen molar-refractivity contribution in [1.82, 2.24) is 5.32 Å². The van der Waals surface area contributed by atoms with Gasteiger partial charge in [-0.05, 0) is 52.0 Å². The van der Waals surface area contributed by atoms with Crippen LogP contribution in [0.25, 0.3) is 0 Å². The number of nitrogens with zero attached hydrogens (tertiary/aromatic N) is 1. The zero-order valence-corrected chi connectivity index (χ0v) is 20.2. The lowest BCUT2D eigenvalue weighted by atomic mass is 10.1. The number of para-hydroxylation sites is 1. The highest BCUT2D eigenvalue weighted by Crippen LogP contribution is 2.35. The first-order valence-electron chi connectivity index (χ1n) is 10.5. The van der Waals surface area contributed by atoms with Gasteiger partial charge in [0.05, 0.1) is 23.2 Å². The molecule has 1 heterocycles. The predicted octanol–water partition coefficient (Wildman–Crippen LogP) is 2.78. The van der Waals surface area contributed by atoms with E-state index in [1.165, 1.54) is 13.0 Å². The number of ether oxygens (including phenoxy) is 2. The van der Waals surface area contributed by atoms with Crippen molar-refractivity contribution in [3.8, 4) is 11.5 Å². The van der Waals surface area contributed by atoms with Gasteiger partial charge in [-0.15, -0.1) is 0 Å². The Labute approximate surface area is 194 Å². The van der Waals surface area contributed by atoms with Gasteiger partial charge in [-0.25, -0.2) is 8.42 Å². The molecule has 2 aromatic rings. The number of sulfonamides is 1. The zero-order valence-electron chi connectivity index (χ0n) is 19.3. The number of benzene rings is 2. The highest BCUT2D eigenvalue weighted by Gasteiger charge is 2.31. The molecule has 10 heteroatoms. The van der Waals surface area contributed by atoms with Crippen LogP contribution in [0.5, 0.6) is 11.5 Å². The summed E-state index contributed by atoms with van der Waals surface area (Å²) in [5.74, 6) is -0.0253. The molecule has 0 spiro atoms. The third kappa shape index (κ3) is 5.95. The summed E-state index contributed by atoms with van der Waals surface area (Å²) in [5.41, 5.74) is 0.361. The average Bonchev–Trinajstić information content (AvgIpc) is 2.71. The number of amides is 2. The Kier molecular flexibility index (Phi) is 6.87. The quantitative estimate of drug-likeness (QED) is 0.664. The molecule has 0 aliphatic carbocycles. The number of anilines is 2. The number of carbonyl (C=O) groups is 2. The largest absolute Gasteiger partial charge is 0.486 e. The van der Waals surface area contributed by atoms with Gasteiger partial charge in [-0.3, -0.25) is 13.9 Å². The fourth-order valence-corrected chi connectivity index (χ4v) is 4.58. The van der Waals surface area contributed by atoms with Crippen LogP contribution >= 0.6 is 0 Å². The Morgan fingerprint density at radius 2 is 1.67 bits per heavy atom. The van der Waals surface area contributed by atoms with Crippen LogP contribution in [0, 0.1) is 0 Å². The van der Waals surface area contributed by atoms with Gasteiger partial charge in [0.25, 0.3) is 5.91 Å². The fourth-order valence-electron chi connectivity index (χ4n) is 3.41. The van der Waals surface area contributed by atoms with E-state index in [1.807, 2.05) is 20.8 Å². The van der Waals surface area contributed by atoms with Crippen molar-refractivity contribution in [2.45, 2.75) is 39.3 Å². The Balaban J connectivity index is 1.88. The summed E-state index contributed by atoms with van der Waals surface area (Å²) in [6, 6.07) is 10.2. The van der Waals surface area contributed by atoms with E-state index in [9.17, 15) is 18.0 Å². The molecular formula is C23H29N3O6S. The van der Waals surface area contributed by atoms with Gasteiger partial charge >= 0.3 is 0 Å². The Hall–Kier alpha value is -3.27. The summed E-state index contributed by atoms with van der Waals surface area (Å²) in [7, 11) is -3.83. The van der Waals surface area contributed by atoms with Gasteiger partial charge in [0.1, 0.15) is 19.3 Å². The molecule has 0 saturated heterocycles. The van der Waals surface area contributed by atoms with Gasteiger partial charge in [0.15, 0.2) is 11.5 Å². The second-order valence-electron chi connectivity index (χ2n) is 8.80. The first kappa shape index (κ1) is 24.4. The SMILES string of the molecule is C[C@@H](C(=O)Nc1ccccc1C(=O)NC(C)(C)C)N(c1ccc2c(c1)OCCO2)S(C)(=O)=O. The van der Waals surface area contributed by atoms with E-state index < -0.39 is 27.5 Å². The van der Waals surface area contributed by atoms with Crippen molar-refractivity contribution in [2.24, 2.45) is 0 Å². The first-order chi connectivity index (χ1) is 15.4. The highest BCUT2D eigenvalue weighted by molar-refractivity contribution is 7.92. The van der Waals surface area contributed by atoms with E-state index >= 15 is 0 Å². The van der Waals surface area contributed by atoms with Gasteiger partial charge in [0.2, 0.25) is 15.9 Å². The van der Waals surface area contributed by atoms with Crippen LogP contribution < -0.4 is 24.4 Å². The number of carbonyl (C=O) groups excluding carboxylic acids is 2. The number of fused-ring (bicyclic) bond motifs is 1. The lowest BCUT2D eigenvalue weighted by molar-refractivity contribution is -0.116. The maximum absolute atomic E-state index is 13.1. The van der Waals surface area contributed by atoms with Crippen LogP contribution in [0.4, 0.5) is 11.4 Å². The molecule has 1 atom stereocenters. The molecule has 0 saturated carbocycles. The monoisotopic (exact) mass is 475 g/mol. The van der Waals surface area contributed by atoms with Crippen LogP contribution in [-0.2, 0) is 14.8 Å². The Bertz CT molecular complexity index is 1160. The molecular weight excluding hydrogens is 446 g/mol. The Morgan fingerprint density at radius 1 is 1.03 bits per heavy atom. The summed E-state index contributed by atoms with van der Waals surface area (Å²) in [6.07, 6.45) is 1.03. The molecule has 2 amide bonds. The molecule has 0 unspecified atom stereocenters.